The summed E-state index contributed by atoms with van der Waals surface area (Å²) in [6, 6.07) is 19.2. The zero-order chi connectivity index (χ0) is 21.2. The number of aldehydes is 1. The van der Waals surface area contributed by atoms with Crippen LogP contribution in [0.25, 0.3) is 11.1 Å². The third-order valence-corrected chi connectivity index (χ3v) is 5.68. The molecule has 0 unspecified atom stereocenters. The number of hydrogen-bond donors (Lipinski definition) is 1. The molecule has 3 atom stereocenters. The van der Waals surface area contributed by atoms with Crippen LogP contribution in [0.1, 0.15) is 31.7 Å². The molecule has 5 nitrogen and oxygen atoms in total. The molecule has 0 spiro atoms. The molecule has 1 saturated heterocycles. The summed E-state index contributed by atoms with van der Waals surface area (Å²) in [4.78, 5) is 11.5. The van der Waals surface area contributed by atoms with Crippen LogP contribution in [0.3, 0.4) is 0 Å². The van der Waals surface area contributed by atoms with Crippen LogP contribution >= 0.6 is 0 Å². The van der Waals surface area contributed by atoms with Gasteiger partial charge in [-0.25, -0.2) is 0 Å². The summed E-state index contributed by atoms with van der Waals surface area (Å²) in [5.41, 5.74) is 3.62. The highest BCUT2D eigenvalue weighted by atomic mass is 16.5. The van der Waals surface area contributed by atoms with E-state index in [1.807, 2.05) is 13.0 Å². The summed E-state index contributed by atoms with van der Waals surface area (Å²) in [5.74, 6) is 0. The van der Waals surface area contributed by atoms with Gasteiger partial charge in [0.1, 0.15) is 6.29 Å². The van der Waals surface area contributed by atoms with Gasteiger partial charge in [0.15, 0.2) is 0 Å². The first-order chi connectivity index (χ1) is 14.7. The van der Waals surface area contributed by atoms with Crippen LogP contribution in [-0.2, 0) is 20.9 Å². The van der Waals surface area contributed by atoms with Crippen LogP contribution in [0.15, 0.2) is 54.6 Å². The lowest BCUT2D eigenvalue weighted by Gasteiger charge is -2.33. The molecule has 2 aromatic carbocycles. The van der Waals surface area contributed by atoms with Gasteiger partial charge in [0.2, 0.25) is 0 Å². The summed E-state index contributed by atoms with van der Waals surface area (Å²) in [6.07, 6.45) is 2.98. The van der Waals surface area contributed by atoms with Crippen molar-refractivity contribution in [3.05, 3.63) is 60.2 Å². The fourth-order valence-corrected chi connectivity index (χ4v) is 4.02. The summed E-state index contributed by atoms with van der Waals surface area (Å²) in [7, 11) is 0. The lowest BCUT2D eigenvalue weighted by atomic mass is 10.0. The fourth-order valence-electron chi connectivity index (χ4n) is 4.02. The topological polar surface area (TPSA) is 59.0 Å². The Hall–Kier alpha value is -2.05. The van der Waals surface area contributed by atoms with Gasteiger partial charge in [-0.05, 0) is 23.1 Å². The molecular formula is C25H33NO4. The Morgan fingerprint density at radius 3 is 2.30 bits per heavy atom. The zero-order valence-corrected chi connectivity index (χ0v) is 17.8. The number of benzene rings is 2. The Bertz CT molecular complexity index is 744. The second-order valence-corrected chi connectivity index (χ2v) is 7.83. The van der Waals surface area contributed by atoms with Crippen molar-refractivity contribution in [3.63, 3.8) is 0 Å². The van der Waals surface area contributed by atoms with E-state index in [4.69, 9.17) is 9.47 Å². The van der Waals surface area contributed by atoms with E-state index in [9.17, 15) is 9.90 Å². The van der Waals surface area contributed by atoms with Gasteiger partial charge in [0, 0.05) is 32.0 Å². The van der Waals surface area contributed by atoms with Gasteiger partial charge in [0.05, 0.1) is 32.0 Å². The molecule has 0 bridgehead atoms. The second-order valence-electron chi connectivity index (χ2n) is 7.83. The predicted octanol–water partition coefficient (Wildman–Crippen LogP) is 3.69. The first kappa shape index (κ1) is 22.6. The van der Waals surface area contributed by atoms with Crippen LogP contribution in [0.5, 0.6) is 0 Å². The van der Waals surface area contributed by atoms with Crippen molar-refractivity contribution in [3.8, 4) is 11.1 Å². The molecule has 1 N–H and O–H groups in total. The highest BCUT2D eigenvalue weighted by molar-refractivity contribution is 5.63. The standard InChI is InChI=1S/C22H27NO3.C3H6O/c24-22-15-20(14-21(22)23-10-12-25-13-11-23)26-16-17-6-8-19(9-7-17)18-4-2-1-3-5-18;1-2-3-4/h1-9,20-22,24H,10-16H2;3H,2H2,1H3/t20-,21-,22-;/m0./s1. The largest absolute Gasteiger partial charge is 0.391 e. The normalized spacial score (nSPS) is 24.1. The Balaban J connectivity index is 0.000000589. The van der Waals surface area contributed by atoms with Crippen molar-refractivity contribution < 1.29 is 19.4 Å². The number of rotatable bonds is 6. The molecule has 4 rings (SSSR count). The molecule has 1 aliphatic heterocycles. The SMILES string of the molecule is CCC=O.O[C@H]1C[C@@H](OCc2ccc(-c3ccccc3)cc2)C[C@@H]1N1CCOCC1. The molecule has 2 fully saturated rings. The maximum atomic E-state index is 10.4. The van der Waals surface area contributed by atoms with Crippen LogP contribution in [0.2, 0.25) is 0 Å². The predicted molar refractivity (Wildman–Crippen MR) is 118 cm³/mol. The highest BCUT2D eigenvalue weighted by Gasteiger charge is 2.37. The summed E-state index contributed by atoms with van der Waals surface area (Å²) in [6.45, 7) is 5.77. The van der Waals surface area contributed by atoms with E-state index in [-0.39, 0.29) is 18.2 Å². The van der Waals surface area contributed by atoms with Crippen LogP contribution in [0, 0.1) is 0 Å². The van der Waals surface area contributed by atoms with E-state index in [2.05, 4.69) is 53.4 Å². The minimum absolute atomic E-state index is 0.131. The lowest BCUT2D eigenvalue weighted by molar-refractivity contribution is -0.107. The van der Waals surface area contributed by atoms with Gasteiger partial charge >= 0.3 is 0 Å². The molecule has 2 aliphatic rings. The van der Waals surface area contributed by atoms with Gasteiger partial charge in [-0.2, -0.15) is 0 Å². The second kappa shape index (κ2) is 12.0. The molecule has 162 valence electrons. The first-order valence-electron chi connectivity index (χ1n) is 10.9. The number of nitrogens with zero attached hydrogens (tertiary/aromatic N) is 1. The third-order valence-electron chi connectivity index (χ3n) is 5.68. The molecule has 2 aromatic rings. The van der Waals surface area contributed by atoms with Gasteiger partial charge < -0.3 is 19.4 Å². The molecule has 1 saturated carbocycles. The summed E-state index contributed by atoms with van der Waals surface area (Å²) < 4.78 is 11.5. The lowest BCUT2D eigenvalue weighted by Crippen LogP contribution is -2.46. The van der Waals surface area contributed by atoms with E-state index in [1.54, 1.807) is 0 Å². The summed E-state index contributed by atoms with van der Waals surface area (Å²) in [5, 5.41) is 10.4. The summed E-state index contributed by atoms with van der Waals surface area (Å²) >= 11 is 0. The van der Waals surface area contributed by atoms with Gasteiger partial charge in [-0.3, -0.25) is 4.90 Å². The van der Waals surface area contributed by atoms with Gasteiger partial charge in [-0.15, -0.1) is 0 Å². The van der Waals surface area contributed by atoms with E-state index in [0.717, 1.165) is 45.4 Å². The van der Waals surface area contributed by atoms with Gasteiger partial charge in [-0.1, -0.05) is 61.5 Å². The van der Waals surface area contributed by atoms with Crippen molar-refractivity contribution in [2.75, 3.05) is 26.3 Å². The number of aliphatic hydroxyl groups is 1. The number of aliphatic hydroxyl groups excluding tert-OH is 1. The van der Waals surface area contributed by atoms with Crippen molar-refractivity contribution in [1.29, 1.82) is 0 Å². The maximum Gasteiger partial charge on any atom is 0.119 e. The quantitative estimate of drug-likeness (QED) is 0.735. The Kier molecular flexibility index (Phi) is 9.02. The Morgan fingerprint density at radius 2 is 1.67 bits per heavy atom. The number of hydrogen-bond acceptors (Lipinski definition) is 5. The molecule has 0 amide bonds. The number of morpholine rings is 1. The average molecular weight is 412 g/mol. The average Bonchev–Trinajstić information content (AvgIpc) is 3.20. The number of carbonyl (C=O) groups is 1. The third kappa shape index (κ3) is 6.47. The van der Waals surface area contributed by atoms with Gasteiger partial charge in [0.25, 0.3) is 0 Å². The minimum atomic E-state index is -0.293. The van der Waals surface area contributed by atoms with Crippen LogP contribution in [-0.4, -0.2) is 60.8 Å². The van der Waals surface area contributed by atoms with Crippen molar-refractivity contribution in [2.24, 2.45) is 0 Å². The highest BCUT2D eigenvalue weighted by Crippen LogP contribution is 2.28. The van der Waals surface area contributed by atoms with E-state index >= 15 is 0 Å². The van der Waals surface area contributed by atoms with E-state index < -0.39 is 0 Å². The monoisotopic (exact) mass is 411 g/mol. The molecule has 30 heavy (non-hydrogen) atoms. The maximum absolute atomic E-state index is 10.4. The minimum Gasteiger partial charge on any atom is -0.391 e. The van der Waals surface area contributed by atoms with Crippen LogP contribution < -0.4 is 0 Å². The van der Waals surface area contributed by atoms with Crippen molar-refractivity contribution in [1.82, 2.24) is 4.90 Å². The zero-order valence-electron chi connectivity index (χ0n) is 17.8. The molecule has 5 heteroatoms. The van der Waals surface area contributed by atoms with Crippen LogP contribution in [0.4, 0.5) is 0 Å². The molecule has 0 radical (unpaired) electrons. The first-order valence-corrected chi connectivity index (χ1v) is 10.9. The Labute approximate surface area is 179 Å². The van der Waals surface area contributed by atoms with Crippen molar-refractivity contribution in [2.45, 2.75) is 51.0 Å². The molecule has 0 aromatic heterocycles. The van der Waals surface area contributed by atoms with E-state index in [1.165, 1.54) is 16.7 Å². The molecular weight excluding hydrogens is 378 g/mol. The molecule has 1 heterocycles. The number of ether oxygens (including phenoxy) is 2. The fraction of sp³-hybridized carbons (Fsp3) is 0.480. The van der Waals surface area contributed by atoms with Crippen molar-refractivity contribution >= 4 is 6.29 Å². The Morgan fingerprint density at radius 1 is 1.03 bits per heavy atom. The van der Waals surface area contributed by atoms with E-state index in [0.29, 0.717) is 13.0 Å². The molecule has 1 aliphatic carbocycles. The smallest absolute Gasteiger partial charge is 0.119 e. The number of carbonyl (C=O) groups excluding carboxylic acids is 1.